The predicted octanol–water partition coefficient (Wildman–Crippen LogP) is 3.81. The van der Waals surface area contributed by atoms with Gasteiger partial charge in [-0.2, -0.15) is 5.26 Å². The van der Waals surface area contributed by atoms with Crippen LogP contribution in [0.1, 0.15) is 29.0 Å². The second-order valence-corrected chi connectivity index (χ2v) is 8.36. The first-order chi connectivity index (χ1) is 13.3. The molecular weight excluding hydrogens is 380 g/mol. The van der Waals surface area contributed by atoms with Crippen molar-refractivity contribution in [2.45, 2.75) is 37.3 Å². The van der Waals surface area contributed by atoms with Gasteiger partial charge >= 0.3 is 0 Å². The second-order valence-electron chi connectivity index (χ2n) is 6.31. The predicted molar refractivity (Wildman–Crippen MR) is 105 cm³/mol. The smallest absolute Gasteiger partial charge is 0.233 e. The molecule has 0 bridgehead atoms. The summed E-state index contributed by atoms with van der Waals surface area (Å²) in [6.07, 6.45) is 6.83. The standard InChI is InChI=1S/C19H18N4O2S2/c20-7-3-8-23(10-13-4-2-9-25-13)16(24)11-26-18-17-14-5-1-6-15(14)27-19(17)22-12-21-18/h2,4,9,12H,1,3,5-6,8,10-11H2. The molecule has 27 heavy (non-hydrogen) atoms. The Hall–Kier alpha value is -2.37. The molecule has 3 heterocycles. The van der Waals surface area contributed by atoms with Gasteiger partial charge in [0.25, 0.3) is 0 Å². The molecule has 0 saturated heterocycles. The third-order valence-electron chi connectivity index (χ3n) is 4.57. The van der Waals surface area contributed by atoms with E-state index in [1.165, 1.54) is 28.6 Å². The normalized spacial score (nSPS) is 12.9. The third kappa shape index (κ3) is 3.84. The molecule has 0 aromatic carbocycles. The summed E-state index contributed by atoms with van der Waals surface area (Å²) in [6.45, 7) is 0.769. The summed E-state index contributed by atoms with van der Waals surface area (Å²) in [5.41, 5.74) is 1.36. The first kappa shape index (κ1) is 18.0. The average molecular weight is 399 g/mol. The minimum Gasteiger partial charge on any atom is -0.467 e. The van der Waals surface area contributed by atoms with Crippen molar-refractivity contribution >= 4 is 39.2 Å². The Labute approximate surface area is 165 Å². The van der Waals surface area contributed by atoms with E-state index < -0.39 is 0 Å². The number of rotatable bonds is 7. The zero-order chi connectivity index (χ0) is 18.6. The number of furan rings is 1. The largest absolute Gasteiger partial charge is 0.467 e. The van der Waals surface area contributed by atoms with Crippen molar-refractivity contribution in [2.24, 2.45) is 0 Å². The van der Waals surface area contributed by atoms with Gasteiger partial charge < -0.3 is 9.32 Å². The summed E-state index contributed by atoms with van der Waals surface area (Å²) < 4.78 is 5.35. The van der Waals surface area contributed by atoms with Crippen LogP contribution in [0.5, 0.6) is 0 Å². The summed E-state index contributed by atoms with van der Waals surface area (Å²) in [7, 11) is 0. The lowest BCUT2D eigenvalue weighted by Crippen LogP contribution is -2.32. The number of carbonyl (C=O) groups is 1. The van der Waals surface area contributed by atoms with Gasteiger partial charge in [-0.3, -0.25) is 4.79 Å². The molecule has 6 nitrogen and oxygen atoms in total. The van der Waals surface area contributed by atoms with Crippen molar-refractivity contribution in [3.8, 4) is 6.07 Å². The number of fused-ring (bicyclic) bond motifs is 3. The maximum absolute atomic E-state index is 12.8. The molecule has 0 unspecified atom stereocenters. The van der Waals surface area contributed by atoms with Gasteiger partial charge in [0.15, 0.2) is 0 Å². The van der Waals surface area contributed by atoms with Crippen molar-refractivity contribution in [1.82, 2.24) is 14.9 Å². The lowest BCUT2D eigenvalue weighted by molar-refractivity contribution is -0.129. The van der Waals surface area contributed by atoms with E-state index in [1.54, 1.807) is 34.9 Å². The number of nitriles is 1. The Morgan fingerprint density at radius 2 is 2.33 bits per heavy atom. The number of aryl methyl sites for hydroxylation is 2. The molecule has 3 aromatic heterocycles. The van der Waals surface area contributed by atoms with E-state index in [9.17, 15) is 4.79 Å². The molecule has 3 aromatic rings. The molecule has 8 heteroatoms. The van der Waals surface area contributed by atoms with Gasteiger partial charge in [0, 0.05) is 16.8 Å². The van der Waals surface area contributed by atoms with Crippen molar-refractivity contribution < 1.29 is 9.21 Å². The Balaban J connectivity index is 1.49. The zero-order valence-electron chi connectivity index (χ0n) is 14.7. The van der Waals surface area contributed by atoms with Crippen LogP contribution in [0.25, 0.3) is 10.2 Å². The Bertz CT molecular complexity index is 991. The molecule has 0 aliphatic heterocycles. The van der Waals surface area contributed by atoms with Crippen LogP contribution in [-0.4, -0.2) is 33.1 Å². The summed E-state index contributed by atoms with van der Waals surface area (Å²) in [5, 5.41) is 10.9. The van der Waals surface area contributed by atoms with Crippen molar-refractivity contribution in [3.05, 3.63) is 40.9 Å². The number of thioether (sulfide) groups is 1. The van der Waals surface area contributed by atoms with E-state index in [1.807, 2.05) is 6.07 Å². The second kappa shape index (κ2) is 8.11. The Morgan fingerprint density at radius 3 is 3.15 bits per heavy atom. The van der Waals surface area contributed by atoms with E-state index >= 15 is 0 Å². The molecule has 0 atom stereocenters. The highest BCUT2D eigenvalue weighted by atomic mass is 32.2. The number of hydrogen-bond acceptors (Lipinski definition) is 7. The quantitative estimate of drug-likeness (QED) is 0.445. The summed E-state index contributed by atoms with van der Waals surface area (Å²) in [4.78, 5) is 25.7. The van der Waals surface area contributed by atoms with Gasteiger partial charge in [0.05, 0.1) is 31.1 Å². The highest BCUT2D eigenvalue weighted by Crippen LogP contribution is 2.40. The summed E-state index contributed by atoms with van der Waals surface area (Å²) >= 11 is 3.20. The number of aromatic nitrogens is 2. The fourth-order valence-electron chi connectivity index (χ4n) is 3.30. The Morgan fingerprint density at radius 1 is 1.41 bits per heavy atom. The number of carbonyl (C=O) groups excluding carboxylic acids is 1. The van der Waals surface area contributed by atoms with Crippen molar-refractivity contribution in [2.75, 3.05) is 12.3 Å². The van der Waals surface area contributed by atoms with Gasteiger partial charge in [-0.25, -0.2) is 9.97 Å². The first-order valence-corrected chi connectivity index (χ1v) is 10.6. The van der Waals surface area contributed by atoms with Gasteiger partial charge in [0.1, 0.15) is 21.9 Å². The first-order valence-electron chi connectivity index (χ1n) is 8.81. The SMILES string of the molecule is N#CCCN(Cc1ccco1)C(=O)CSc1ncnc2sc3c(c12)CCC3. The summed E-state index contributed by atoms with van der Waals surface area (Å²) in [6, 6.07) is 5.74. The maximum atomic E-state index is 12.8. The van der Waals surface area contributed by atoms with Gasteiger partial charge in [0.2, 0.25) is 5.91 Å². The van der Waals surface area contributed by atoms with Gasteiger partial charge in [-0.05, 0) is 37.0 Å². The molecule has 0 fully saturated rings. The van der Waals surface area contributed by atoms with Crippen molar-refractivity contribution in [1.29, 1.82) is 5.26 Å². The molecule has 0 radical (unpaired) electrons. The van der Waals surface area contributed by atoms with Crippen LogP contribution in [0.4, 0.5) is 0 Å². The molecule has 1 amide bonds. The highest BCUT2D eigenvalue weighted by molar-refractivity contribution is 8.00. The van der Waals surface area contributed by atoms with E-state index in [2.05, 4.69) is 16.0 Å². The zero-order valence-corrected chi connectivity index (χ0v) is 16.3. The minimum atomic E-state index is -0.0229. The lowest BCUT2D eigenvalue weighted by atomic mass is 10.2. The lowest BCUT2D eigenvalue weighted by Gasteiger charge is -2.20. The van der Waals surface area contributed by atoms with Crippen LogP contribution in [0.2, 0.25) is 0 Å². The van der Waals surface area contributed by atoms with Crippen LogP contribution in [0.3, 0.4) is 0 Å². The molecule has 1 aliphatic rings. The van der Waals surface area contributed by atoms with Gasteiger partial charge in [-0.15, -0.1) is 11.3 Å². The van der Waals surface area contributed by atoms with Crippen LogP contribution < -0.4 is 0 Å². The van der Waals surface area contributed by atoms with Crippen LogP contribution in [0.15, 0.2) is 34.2 Å². The van der Waals surface area contributed by atoms with E-state index in [0.717, 1.165) is 28.1 Å². The van der Waals surface area contributed by atoms with E-state index in [0.29, 0.717) is 25.3 Å². The Kier molecular flexibility index (Phi) is 5.41. The maximum Gasteiger partial charge on any atom is 0.233 e. The fraction of sp³-hybridized carbons (Fsp3) is 0.368. The number of nitrogens with zero attached hydrogens (tertiary/aromatic N) is 4. The van der Waals surface area contributed by atoms with Gasteiger partial charge in [-0.1, -0.05) is 11.8 Å². The molecular formula is C19H18N4O2S2. The van der Waals surface area contributed by atoms with Crippen LogP contribution in [0, 0.1) is 11.3 Å². The molecule has 0 spiro atoms. The fourth-order valence-corrected chi connectivity index (χ4v) is 5.52. The van der Waals surface area contributed by atoms with Crippen LogP contribution >= 0.6 is 23.1 Å². The van der Waals surface area contributed by atoms with E-state index in [4.69, 9.17) is 9.68 Å². The highest BCUT2D eigenvalue weighted by Gasteiger charge is 2.22. The molecule has 0 saturated carbocycles. The number of hydrogen-bond donors (Lipinski definition) is 0. The average Bonchev–Trinajstić information content (AvgIpc) is 3.40. The van der Waals surface area contributed by atoms with E-state index in [-0.39, 0.29) is 11.7 Å². The molecule has 138 valence electrons. The summed E-state index contributed by atoms with van der Waals surface area (Å²) in [5.74, 6) is 0.972. The van der Waals surface area contributed by atoms with Crippen molar-refractivity contribution in [3.63, 3.8) is 0 Å². The van der Waals surface area contributed by atoms with Crippen LogP contribution in [-0.2, 0) is 24.2 Å². The molecule has 4 rings (SSSR count). The third-order valence-corrected chi connectivity index (χ3v) is 6.75. The topological polar surface area (TPSA) is 83.0 Å². The minimum absolute atomic E-state index is 0.0229. The number of amides is 1. The number of thiophene rings is 1. The monoisotopic (exact) mass is 398 g/mol. The molecule has 0 N–H and O–H groups in total. The molecule has 1 aliphatic carbocycles.